The summed E-state index contributed by atoms with van der Waals surface area (Å²) in [4.78, 5) is 21.3. The number of ether oxygens (including phenoxy) is 1. The Balaban J connectivity index is 2.49. The van der Waals surface area contributed by atoms with Crippen LogP contribution in [-0.4, -0.2) is 23.0 Å². The van der Waals surface area contributed by atoms with Crippen molar-refractivity contribution in [2.45, 2.75) is 39.2 Å². The van der Waals surface area contributed by atoms with Crippen LogP contribution in [-0.2, 0) is 16.0 Å². The lowest BCUT2D eigenvalue weighted by Crippen LogP contribution is -2.16. The average Bonchev–Trinajstić information content (AvgIpc) is 2.26. The third-order valence-electron chi connectivity index (χ3n) is 2.49. The smallest absolute Gasteiger partial charge is 0.307 e. The highest BCUT2D eigenvalue weighted by atomic mass is 16.5. The van der Waals surface area contributed by atoms with Crippen LogP contribution in [0.15, 0.2) is 24.3 Å². The van der Waals surface area contributed by atoms with Crippen molar-refractivity contribution in [1.82, 2.24) is 0 Å². The average molecular weight is 250 g/mol. The fraction of sp³-hybridized carbons (Fsp3) is 0.429. The molecule has 4 nitrogen and oxygen atoms in total. The largest absolute Gasteiger partial charge is 0.490 e. The van der Waals surface area contributed by atoms with E-state index in [0.717, 1.165) is 12.0 Å². The van der Waals surface area contributed by atoms with E-state index in [9.17, 15) is 9.59 Å². The predicted molar refractivity (Wildman–Crippen MR) is 67.8 cm³/mol. The summed E-state index contributed by atoms with van der Waals surface area (Å²) in [5, 5.41) is 8.62. The molecule has 0 heterocycles. The maximum atomic E-state index is 10.9. The van der Waals surface area contributed by atoms with Crippen molar-refractivity contribution in [2.75, 3.05) is 0 Å². The number of hydrogen-bond acceptors (Lipinski definition) is 3. The normalized spacial score (nSPS) is 11.9. The summed E-state index contributed by atoms with van der Waals surface area (Å²) >= 11 is 0. The number of benzene rings is 1. The van der Waals surface area contributed by atoms with Crippen LogP contribution in [0, 0.1) is 0 Å². The van der Waals surface area contributed by atoms with Crippen LogP contribution in [0.1, 0.15) is 32.3 Å². The first-order valence-electron chi connectivity index (χ1n) is 5.94. The molecule has 0 bridgehead atoms. The molecule has 0 saturated carbocycles. The van der Waals surface area contributed by atoms with Crippen molar-refractivity contribution < 1.29 is 19.4 Å². The van der Waals surface area contributed by atoms with Crippen molar-refractivity contribution in [3.8, 4) is 5.75 Å². The molecule has 1 aromatic rings. The van der Waals surface area contributed by atoms with Gasteiger partial charge in [0, 0.05) is 6.42 Å². The summed E-state index contributed by atoms with van der Waals surface area (Å²) in [5.74, 6) is -0.0543. The third-order valence-corrected chi connectivity index (χ3v) is 2.49. The number of Topliss-reactive ketones (excluding diaryl/α,β-unsaturated/α-hetero) is 1. The zero-order valence-corrected chi connectivity index (χ0v) is 10.7. The number of carbonyl (C=O) groups is 2. The van der Waals surface area contributed by atoms with Gasteiger partial charge in [-0.05, 0) is 38.0 Å². The molecule has 98 valence electrons. The summed E-state index contributed by atoms with van der Waals surface area (Å²) in [6, 6.07) is 7.39. The van der Waals surface area contributed by atoms with Gasteiger partial charge in [0.05, 0.1) is 6.42 Å². The highest BCUT2D eigenvalue weighted by molar-refractivity contribution is 5.75. The highest BCUT2D eigenvalue weighted by Gasteiger charge is 2.08. The standard InChI is InChI=1S/C14H18O4/c1-10(15)3-4-12-5-7-13(8-6-12)18-11(2)9-14(16)17/h5-8,11H,3-4,9H2,1-2H3,(H,16,17)/t11-/m1/s1. The van der Waals surface area contributed by atoms with E-state index in [4.69, 9.17) is 9.84 Å². The maximum absolute atomic E-state index is 10.9. The molecule has 0 amide bonds. The molecule has 0 aliphatic heterocycles. The lowest BCUT2D eigenvalue weighted by Gasteiger charge is -2.12. The van der Waals surface area contributed by atoms with Gasteiger partial charge in [0.15, 0.2) is 0 Å². The molecule has 0 aliphatic carbocycles. The molecule has 18 heavy (non-hydrogen) atoms. The summed E-state index contributed by atoms with van der Waals surface area (Å²) in [5.41, 5.74) is 1.07. The number of aryl methyl sites for hydroxylation is 1. The van der Waals surface area contributed by atoms with Crippen LogP contribution in [0.4, 0.5) is 0 Å². The molecule has 1 rings (SSSR count). The second kappa shape index (κ2) is 6.79. The van der Waals surface area contributed by atoms with Gasteiger partial charge in [-0.2, -0.15) is 0 Å². The van der Waals surface area contributed by atoms with E-state index in [1.165, 1.54) is 0 Å². The molecule has 0 unspecified atom stereocenters. The predicted octanol–water partition coefficient (Wildman–Crippen LogP) is 2.45. The molecular formula is C14H18O4. The van der Waals surface area contributed by atoms with Gasteiger partial charge in [0.2, 0.25) is 0 Å². The Morgan fingerprint density at radius 2 is 1.89 bits per heavy atom. The van der Waals surface area contributed by atoms with E-state index in [1.54, 1.807) is 26.0 Å². The van der Waals surface area contributed by atoms with Crippen molar-refractivity contribution in [2.24, 2.45) is 0 Å². The Labute approximate surface area is 107 Å². The zero-order chi connectivity index (χ0) is 13.5. The summed E-state index contributed by atoms with van der Waals surface area (Å²) in [6.45, 7) is 3.29. The van der Waals surface area contributed by atoms with E-state index >= 15 is 0 Å². The van der Waals surface area contributed by atoms with E-state index in [0.29, 0.717) is 12.2 Å². The fourth-order valence-electron chi connectivity index (χ4n) is 1.57. The Bertz CT molecular complexity index is 408. The van der Waals surface area contributed by atoms with Crippen molar-refractivity contribution in [3.05, 3.63) is 29.8 Å². The number of rotatable bonds is 7. The number of aliphatic carboxylic acids is 1. The minimum atomic E-state index is -0.874. The molecule has 0 saturated heterocycles. The van der Waals surface area contributed by atoms with Gasteiger partial charge in [-0.25, -0.2) is 0 Å². The molecule has 0 fully saturated rings. The minimum absolute atomic E-state index is 0.0217. The van der Waals surface area contributed by atoms with Crippen molar-refractivity contribution in [1.29, 1.82) is 0 Å². The lowest BCUT2D eigenvalue weighted by molar-refractivity contribution is -0.138. The summed E-state index contributed by atoms with van der Waals surface area (Å²) < 4.78 is 5.46. The number of carboxylic acids is 1. The minimum Gasteiger partial charge on any atom is -0.490 e. The topological polar surface area (TPSA) is 63.6 Å². The second-order valence-corrected chi connectivity index (χ2v) is 4.37. The zero-order valence-electron chi connectivity index (χ0n) is 10.7. The van der Waals surface area contributed by atoms with Gasteiger partial charge in [-0.1, -0.05) is 12.1 Å². The van der Waals surface area contributed by atoms with E-state index in [2.05, 4.69) is 0 Å². The number of carboxylic acid groups (broad SMARTS) is 1. The summed E-state index contributed by atoms with van der Waals surface area (Å²) in [6.07, 6.45) is 0.882. The number of carbonyl (C=O) groups excluding carboxylic acids is 1. The van der Waals surface area contributed by atoms with Crippen LogP contribution in [0.3, 0.4) is 0 Å². The molecule has 1 aromatic carbocycles. The molecule has 1 atom stereocenters. The molecule has 0 spiro atoms. The SMILES string of the molecule is CC(=O)CCc1ccc(O[C@H](C)CC(=O)O)cc1. The summed E-state index contributed by atoms with van der Waals surface area (Å²) in [7, 11) is 0. The monoisotopic (exact) mass is 250 g/mol. The maximum Gasteiger partial charge on any atom is 0.307 e. The number of ketones is 1. The first-order chi connectivity index (χ1) is 8.47. The lowest BCUT2D eigenvalue weighted by atomic mass is 10.1. The quantitative estimate of drug-likeness (QED) is 0.807. The second-order valence-electron chi connectivity index (χ2n) is 4.37. The molecule has 0 aromatic heterocycles. The molecule has 0 radical (unpaired) electrons. The van der Waals surface area contributed by atoms with E-state index in [1.807, 2.05) is 12.1 Å². The third kappa shape index (κ3) is 5.48. The van der Waals surface area contributed by atoms with Gasteiger partial charge in [0.25, 0.3) is 0 Å². The van der Waals surface area contributed by atoms with Crippen LogP contribution in [0.25, 0.3) is 0 Å². The van der Waals surface area contributed by atoms with Crippen molar-refractivity contribution in [3.63, 3.8) is 0 Å². The Hall–Kier alpha value is -1.84. The van der Waals surface area contributed by atoms with Gasteiger partial charge >= 0.3 is 5.97 Å². The van der Waals surface area contributed by atoms with Crippen LogP contribution in [0.2, 0.25) is 0 Å². The van der Waals surface area contributed by atoms with Crippen LogP contribution >= 0.6 is 0 Å². The van der Waals surface area contributed by atoms with E-state index < -0.39 is 5.97 Å². The first kappa shape index (κ1) is 14.2. The van der Waals surface area contributed by atoms with Gasteiger partial charge < -0.3 is 14.6 Å². The van der Waals surface area contributed by atoms with Crippen LogP contribution < -0.4 is 4.74 Å². The molecule has 0 aliphatic rings. The van der Waals surface area contributed by atoms with Crippen LogP contribution in [0.5, 0.6) is 5.75 Å². The Kier molecular flexibility index (Phi) is 5.36. The molecule has 1 N–H and O–H groups in total. The van der Waals surface area contributed by atoms with E-state index in [-0.39, 0.29) is 18.3 Å². The van der Waals surface area contributed by atoms with Gasteiger partial charge in [-0.15, -0.1) is 0 Å². The van der Waals surface area contributed by atoms with Crippen molar-refractivity contribution >= 4 is 11.8 Å². The molecule has 4 heteroatoms. The first-order valence-corrected chi connectivity index (χ1v) is 5.94. The number of hydrogen-bond donors (Lipinski definition) is 1. The van der Waals surface area contributed by atoms with Gasteiger partial charge in [0.1, 0.15) is 17.6 Å². The van der Waals surface area contributed by atoms with Gasteiger partial charge in [-0.3, -0.25) is 4.79 Å². The fourth-order valence-corrected chi connectivity index (χ4v) is 1.57. The molecular weight excluding hydrogens is 232 g/mol. The Morgan fingerprint density at radius 1 is 1.28 bits per heavy atom. The highest BCUT2D eigenvalue weighted by Crippen LogP contribution is 2.15. The Morgan fingerprint density at radius 3 is 2.39 bits per heavy atom.